The Morgan fingerprint density at radius 1 is 1.47 bits per heavy atom. The van der Waals surface area contributed by atoms with Gasteiger partial charge in [0.05, 0.1) is 6.61 Å². The normalized spacial score (nSPS) is 11.3. The Morgan fingerprint density at radius 2 is 2.13 bits per heavy atom. The number of benzene rings is 1. The third-order valence-electron chi connectivity index (χ3n) is 1.92. The minimum atomic E-state index is -0.300. The molecule has 0 atom stereocenters. The Bertz CT molecular complexity index is 383. The zero-order chi connectivity index (χ0) is 11.3. The Hall–Kier alpha value is -1.09. The quantitative estimate of drug-likeness (QED) is 0.620. The summed E-state index contributed by atoms with van der Waals surface area (Å²) < 4.78 is 5.82. The Balaban J connectivity index is 2.89. The molecule has 0 fully saturated rings. The first-order valence-electron chi connectivity index (χ1n) is 4.75. The lowest BCUT2D eigenvalue weighted by molar-refractivity contribution is -0.137. The average molecular weight is 269 g/mol. The topological polar surface area (TPSA) is 26.3 Å². The molecule has 0 aliphatic rings. The number of halogens is 1. The summed E-state index contributed by atoms with van der Waals surface area (Å²) in [7, 11) is 0. The molecule has 0 saturated heterocycles. The van der Waals surface area contributed by atoms with Crippen molar-refractivity contribution < 1.29 is 9.53 Å². The van der Waals surface area contributed by atoms with Crippen LogP contribution in [-0.2, 0) is 9.53 Å². The molecule has 0 bridgehead atoms. The van der Waals surface area contributed by atoms with Gasteiger partial charge in [0.1, 0.15) is 0 Å². The third kappa shape index (κ3) is 3.51. The van der Waals surface area contributed by atoms with Crippen molar-refractivity contribution in [3.63, 3.8) is 0 Å². The number of hydrogen-bond donors (Lipinski definition) is 0. The van der Waals surface area contributed by atoms with Gasteiger partial charge >= 0.3 is 5.97 Å². The van der Waals surface area contributed by atoms with Crippen molar-refractivity contribution in [3.8, 4) is 0 Å². The highest BCUT2D eigenvalue weighted by Crippen LogP contribution is 2.23. The van der Waals surface area contributed by atoms with Crippen LogP contribution in [0.3, 0.4) is 0 Å². The highest BCUT2D eigenvalue weighted by atomic mass is 79.9. The highest BCUT2D eigenvalue weighted by molar-refractivity contribution is 9.10. The maximum absolute atomic E-state index is 11.2. The van der Waals surface area contributed by atoms with E-state index in [-0.39, 0.29) is 5.97 Å². The van der Waals surface area contributed by atoms with E-state index < -0.39 is 0 Å². The molecule has 0 aliphatic carbocycles. The fourth-order valence-corrected chi connectivity index (χ4v) is 1.82. The lowest BCUT2D eigenvalue weighted by Crippen LogP contribution is -2.00. The molecule has 3 heteroatoms. The molecule has 15 heavy (non-hydrogen) atoms. The van der Waals surface area contributed by atoms with Crippen LogP contribution in [0.15, 0.2) is 34.8 Å². The second kappa shape index (κ2) is 5.71. The summed E-state index contributed by atoms with van der Waals surface area (Å²) in [6.07, 6.45) is 1.50. The molecular formula is C12H13BrO2. The van der Waals surface area contributed by atoms with Crippen LogP contribution in [0.4, 0.5) is 0 Å². The molecule has 0 unspecified atom stereocenters. The van der Waals surface area contributed by atoms with Gasteiger partial charge < -0.3 is 4.74 Å². The Labute approximate surface area is 98.1 Å². The molecule has 2 nitrogen and oxygen atoms in total. The zero-order valence-corrected chi connectivity index (χ0v) is 10.4. The molecule has 0 radical (unpaired) electrons. The number of allylic oxidation sites excluding steroid dienone is 1. The van der Waals surface area contributed by atoms with E-state index in [1.54, 1.807) is 6.92 Å². The van der Waals surface area contributed by atoms with E-state index >= 15 is 0 Å². The first kappa shape index (κ1) is 12.0. The van der Waals surface area contributed by atoms with Crippen molar-refractivity contribution in [2.45, 2.75) is 13.8 Å². The summed E-state index contributed by atoms with van der Waals surface area (Å²) in [5.41, 5.74) is 1.89. The van der Waals surface area contributed by atoms with Gasteiger partial charge in [0, 0.05) is 10.5 Å². The van der Waals surface area contributed by atoms with Crippen LogP contribution in [0.2, 0.25) is 0 Å². The Morgan fingerprint density at radius 3 is 2.73 bits per heavy atom. The molecule has 1 aromatic rings. The van der Waals surface area contributed by atoms with Crippen molar-refractivity contribution in [1.29, 1.82) is 0 Å². The van der Waals surface area contributed by atoms with E-state index in [4.69, 9.17) is 4.74 Å². The third-order valence-corrected chi connectivity index (χ3v) is 2.61. The van der Waals surface area contributed by atoms with Crippen molar-refractivity contribution >= 4 is 27.5 Å². The van der Waals surface area contributed by atoms with Gasteiger partial charge in [0.2, 0.25) is 0 Å². The SMILES string of the molecule is CCOC(=O)/C=C(/C)c1ccccc1Br. The molecule has 0 N–H and O–H groups in total. The molecule has 0 saturated carbocycles. The van der Waals surface area contributed by atoms with Crippen LogP contribution in [0.5, 0.6) is 0 Å². The monoisotopic (exact) mass is 268 g/mol. The Kier molecular flexibility index (Phi) is 4.56. The van der Waals surface area contributed by atoms with E-state index in [1.165, 1.54) is 6.08 Å². The number of ether oxygens (including phenoxy) is 1. The molecule has 80 valence electrons. The largest absolute Gasteiger partial charge is 0.463 e. The molecule has 1 rings (SSSR count). The first-order valence-corrected chi connectivity index (χ1v) is 5.54. The van der Waals surface area contributed by atoms with E-state index in [1.807, 2.05) is 31.2 Å². The predicted molar refractivity (Wildman–Crippen MR) is 64.4 cm³/mol. The number of rotatable bonds is 3. The molecule has 0 spiro atoms. The van der Waals surface area contributed by atoms with Crippen LogP contribution in [0, 0.1) is 0 Å². The summed E-state index contributed by atoms with van der Waals surface area (Å²) in [6.45, 7) is 4.08. The van der Waals surface area contributed by atoms with Crippen LogP contribution in [-0.4, -0.2) is 12.6 Å². The highest BCUT2D eigenvalue weighted by Gasteiger charge is 2.03. The fraction of sp³-hybridized carbons (Fsp3) is 0.250. The molecular weight excluding hydrogens is 256 g/mol. The van der Waals surface area contributed by atoms with Gasteiger partial charge in [-0.1, -0.05) is 34.1 Å². The summed E-state index contributed by atoms with van der Waals surface area (Å²) in [4.78, 5) is 11.2. The van der Waals surface area contributed by atoms with Crippen LogP contribution in [0.25, 0.3) is 5.57 Å². The van der Waals surface area contributed by atoms with Crippen molar-refractivity contribution in [1.82, 2.24) is 0 Å². The smallest absolute Gasteiger partial charge is 0.331 e. The van der Waals surface area contributed by atoms with Crippen molar-refractivity contribution in [2.24, 2.45) is 0 Å². The van der Waals surface area contributed by atoms with E-state index in [0.717, 1.165) is 15.6 Å². The minimum Gasteiger partial charge on any atom is -0.463 e. The maximum atomic E-state index is 11.2. The number of carbonyl (C=O) groups excluding carboxylic acids is 1. The predicted octanol–water partition coefficient (Wildman–Crippen LogP) is 3.42. The van der Waals surface area contributed by atoms with E-state index in [9.17, 15) is 4.79 Å². The maximum Gasteiger partial charge on any atom is 0.331 e. The van der Waals surface area contributed by atoms with Gasteiger partial charge in [-0.2, -0.15) is 0 Å². The first-order chi connectivity index (χ1) is 7.15. The lowest BCUT2D eigenvalue weighted by atomic mass is 10.1. The van der Waals surface area contributed by atoms with Gasteiger partial charge in [-0.3, -0.25) is 0 Å². The number of esters is 1. The molecule has 1 aromatic carbocycles. The zero-order valence-electron chi connectivity index (χ0n) is 8.79. The van der Waals surface area contributed by atoms with Gasteiger partial charge in [-0.25, -0.2) is 4.79 Å². The average Bonchev–Trinajstić information content (AvgIpc) is 2.18. The van der Waals surface area contributed by atoms with E-state index in [0.29, 0.717) is 6.61 Å². The van der Waals surface area contributed by atoms with Crippen LogP contribution < -0.4 is 0 Å². The standard InChI is InChI=1S/C12H13BrO2/c1-3-15-12(14)8-9(2)10-6-4-5-7-11(10)13/h4-8H,3H2,1-2H3/b9-8-. The summed E-state index contributed by atoms with van der Waals surface area (Å²) >= 11 is 3.43. The van der Waals surface area contributed by atoms with Crippen molar-refractivity contribution in [2.75, 3.05) is 6.61 Å². The minimum absolute atomic E-state index is 0.300. The van der Waals surface area contributed by atoms with E-state index in [2.05, 4.69) is 15.9 Å². The molecule has 0 aromatic heterocycles. The second-order valence-corrected chi connectivity index (χ2v) is 3.91. The molecule has 0 amide bonds. The van der Waals surface area contributed by atoms with Gasteiger partial charge in [-0.15, -0.1) is 0 Å². The van der Waals surface area contributed by atoms with Gasteiger partial charge in [-0.05, 0) is 31.1 Å². The van der Waals surface area contributed by atoms with Crippen molar-refractivity contribution in [3.05, 3.63) is 40.4 Å². The summed E-state index contributed by atoms with van der Waals surface area (Å²) in [6, 6.07) is 7.76. The number of carbonyl (C=O) groups is 1. The number of hydrogen-bond acceptors (Lipinski definition) is 2. The summed E-state index contributed by atoms with van der Waals surface area (Å²) in [5.74, 6) is -0.300. The second-order valence-electron chi connectivity index (χ2n) is 3.06. The fourth-order valence-electron chi connectivity index (χ4n) is 1.22. The van der Waals surface area contributed by atoms with Crippen LogP contribution >= 0.6 is 15.9 Å². The summed E-state index contributed by atoms with van der Waals surface area (Å²) in [5, 5.41) is 0. The van der Waals surface area contributed by atoms with Gasteiger partial charge in [0.15, 0.2) is 0 Å². The van der Waals surface area contributed by atoms with Gasteiger partial charge in [0.25, 0.3) is 0 Å². The lowest BCUT2D eigenvalue weighted by Gasteiger charge is -2.04. The van der Waals surface area contributed by atoms with Crippen LogP contribution in [0.1, 0.15) is 19.4 Å². The molecule has 0 aliphatic heterocycles. The molecule has 0 heterocycles.